The van der Waals surface area contributed by atoms with Gasteiger partial charge in [-0.3, -0.25) is 4.79 Å². The molecular formula is C10H15N3O. The van der Waals surface area contributed by atoms with Crippen LogP contribution in [0.4, 0.5) is 5.82 Å². The van der Waals surface area contributed by atoms with Crippen LogP contribution < -0.4 is 10.6 Å². The summed E-state index contributed by atoms with van der Waals surface area (Å²) >= 11 is 0. The first-order valence-electron chi connectivity index (χ1n) is 4.59. The molecule has 0 bridgehead atoms. The first kappa shape index (κ1) is 10.5. The molecule has 0 saturated heterocycles. The van der Waals surface area contributed by atoms with Crippen molar-refractivity contribution in [3.05, 3.63) is 23.9 Å². The largest absolute Gasteiger partial charge is 0.368 e. The van der Waals surface area contributed by atoms with Gasteiger partial charge in [-0.25, -0.2) is 4.98 Å². The fourth-order valence-electron chi connectivity index (χ4n) is 1.06. The second-order valence-corrected chi connectivity index (χ2v) is 3.13. The lowest BCUT2D eigenvalue weighted by Crippen LogP contribution is -2.26. The molecule has 76 valence electrons. The summed E-state index contributed by atoms with van der Waals surface area (Å²) in [6.45, 7) is 4.83. The van der Waals surface area contributed by atoms with E-state index in [1.54, 1.807) is 6.20 Å². The van der Waals surface area contributed by atoms with E-state index in [-0.39, 0.29) is 5.91 Å². The minimum Gasteiger partial charge on any atom is -0.368 e. The zero-order chi connectivity index (χ0) is 10.4. The van der Waals surface area contributed by atoms with Gasteiger partial charge in [0.1, 0.15) is 5.82 Å². The summed E-state index contributed by atoms with van der Waals surface area (Å²) in [4.78, 5) is 14.7. The SMILES string of the molecule is CC(=O)NCCNc1cc(C)ccn1. The van der Waals surface area contributed by atoms with Crippen LogP contribution in [0.25, 0.3) is 0 Å². The molecule has 0 radical (unpaired) electrons. The molecule has 1 aromatic heterocycles. The minimum atomic E-state index is -0.0102. The second kappa shape index (κ2) is 5.21. The van der Waals surface area contributed by atoms with E-state index in [2.05, 4.69) is 15.6 Å². The Kier molecular flexibility index (Phi) is 3.91. The van der Waals surface area contributed by atoms with Gasteiger partial charge in [0.2, 0.25) is 5.91 Å². The average Bonchev–Trinajstić information content (AvgIpc) is 2.12. The Morgan fingerprint density at radius 2 is 2.29 bits per heavy atom. The summed E-state index contributed by atoms with van der Waals surface area (Å²) in [5, 5.41) is 5.82. The summed E-state index contributed by atoms with van der Waals surface area (Å²) in [5.41, 5.74) is 1.17. The van der Waals surface area contributed by atoms with Crippen LogP contribution in [-0.2, 0) is 4.79 Å². The number of aryl methyl sites for hydroxylation is 1. The van der Waals surface area contributed by atoms with E-state index in [0.717, 1.165) is 5.82 Å². The highest BCUT2D eigenvalue weighted by Gasteiger charge is 1.93. The van der Waals surface area contributed by atoms with E-state index in [0.29, 0.717) is 13.1 Å². The zero-order valence-corrected chi connectivity index (χ0v) is 8.50. The quantitative estimate of drug-likeness (QED) is 0.700. The van der Waals surface area contributed by atoms with Crippen LogP contribution in [0.5, 0.6) is 0 Å². The Morgan fingerprint density at radius 1 is 1.50 bits per heavy atom. The first-order valence-corrected chi connectivity index (χ1v) is 4.59. The lowest BCUT2D eigenvalue weighted by atomic mass is 10.3. The smallest absolute Gasteiger partial charge is 0.216 e. The number of carbonyl (C=O) groups excluding carboxylic acids is 1. The number of hydrogen-bond donors (Lipinski definition) is 2. The topological polar surface area (TPSA) is 54.0 Å². The van der Waals surface area contributed by atoms with Crippen LogP contribution in [-0.4, -0.2) is 24.0 Å². The number of amides is 1. The van der Waals surface area contributed by atoms with Gasteiger partial charge in [-0.1, -0.05) is 0 Å². The van der Waals surface area contributed by atoms with Crippen molar-refractivity contribution in [3.8, 4) is 0 Å². The summed E-state index contributed by atoms with van der Waals surface area (Å²) in [6, 6.07) is 3.91. The number of pyridine rings is 1. The minimum absolute atomic E-state index is 0.0102. The van der Waals surface area contributed by atoms with Crippen molar-refractivity contribution in [1.29, 1.82) is 0 Å². The standard InChI is InChI=1S/C10H15N3O/c1-8-3-4-12-10(7-8)13-6-5-11-9(2)14/h3-4,7H,5-6H2,1-2H3,(H,11,14)(H,12,13). The van der Waals surface area contributed by atoms with E-state index >= 15 is 0 Å². The Labute approximate surface area is 83.7 Å². The molecule has 1 heterocycles. The predicted molar refractivity (Wildman–Crippen MR) is 56.1 cm³/mol. The third-order valence-electron chi connectivity index (χ3n) is 1.72. The van der Waals surface area contributed by atoms with Gasteiger partial charge in [-0.05, 0) is 24.6 Å². The number of nitrogens with zero attached hydrogens (tertiary/aromatic N) is 1. The van der Waals surface area contributed by atoms with Crippen LogP contribution in [0.3, 0.4) is 0 Å². The maximum absolute atomic E-state index is 10.6. The zero-order valence-electron chi connectivity index (χ0n) is 8.50. The highest BCUT2D eigenvalue weighted by molar-refractivity contribution is 5.72. The molecule has 0 saturated carbocycles. The number of hydrogen-bond acceptors (Lipinski definition) is 3. The Balaban J connectivity index is 2.28. The monoisotopic (exact) mass is 193 g/mol. The molecule has 1 amide bonds. The van der Waals surface area contributed by atoms with E-state index < -0.39 is 0 Å². The summed E-state index contributed by atoms with van der Waals surface area (Å²) in [5.74, 6) is 0.833. The number of aromatic nitrogens is 1. The normalized spacial score (nSPS) is 9.57. The fraction of sp³-hybridized carbons (Fsp3) is 0.400. The Hall–Kier alpha value is -1.58. The molecule has 0 unspecified atom stereocenters. The van der Waals surface area contributed by atoms with Gasteiger partial charge < -0.3 is 10.6 Å². The Morgan fingerprint density at radius 3 is 2.93 bits per heavy atom. The third-order valence-corrected chi connectivity index (χ3v) is 1.72. The molecule has 0 aromatic carbocycles. The van der Waals surface area contributed by atoms with Gasteiger partial charge in [0.05, 0.1) is 0 Å². The molecule has 0 aliphatic carbocycles. The summed E-state index contributed by atoms with van der Waals surface area (Å²) < 4.78 is 0. The lowest BCUT2D eigenvalue weighted by Gasteiger charge is -2.05. The average molecular weight is 193 g/mol. The highest BCUT2D eigenvalue weighted by Crippen LogP contribution is 2.03. The van der Waals surface area contributed by atoms with Crippen LogP contribution in [0.15, 0.2) is 18.3 Å². The van der Waals surface area contributed by atoms with Crippen molar-refractivity contribution >= 4 is 11.7 Å². The van der Waals surface area contributed by atoms with Crippen molar-refractivity contribution in [3.63, 3.8) is 0 Å². The van der Waals surface area contributed by atoms with E-state index in [1.165, 1.54) is 12.5 Å². The van der Waals surface area contributed by atoms with Gasteiger partial charge in [0, 0.05) is 26.2 Å². The van der Waals surface area contributed by atoms with Crippen molar-refractivity contribution in [2.75, 3.05) is 18.4 Å². The number of anilines is 1. The number of rotatable bonds is 4. The number of nitrogens with one attached hydrogen (secondary N) is 2. The molecular weight excluding hydrogens is 178 g/mol. The molecule has 0 fully saturated rings. The summed E-state index contributed by atoms with van der Waals surface area (Å²) in [7, 11) is 0. The molecule has 14 heavy (non-hydrogen) atoms. The van der Waals surface area contributed by atoms with E-state index in [4.69, 9.17) is 0 Å². The second-order valence-electron chi connectivity index (χ2n) is 3.13. The van der Waals surface area contributed by atoms with E-state index in [1.807, 2.05) is 19.1 Å². The van der Waals surface area contributed by atoms with Crippen LogP contribution in [0.2, 0.25) is 0 Å². The van der Waals surface area contributed by atoms with Crippen molar-refractivity contribution in [2.45, 2.75) is 13.8 Å². The molecule has 1 rings (SSSR count). The molecule has 1 aromatic rings. The molecule has 4 nitrogen and oxygen atoms in total. The number of carbonyl (C=O) groups is 1. The van der Waals surface area contributed by atoms with Crippen LogP contribution >= 0.6 is 0 Å². The van der Waals surface area contributed by atoms with Gasteiger partial charge in [-0.15, -0.1) is 0 Å². The van der Waals surface area contributed by atoms with E-state index in [9.17, 15) is 4.79 Å². The molecule has 0 atom stereocenters. The van der Waals surface area contributed by atoms with Gasteiger partial charge in [-0.2, -0.15) is 0 Å². The molecule has 0 spiro atoms. The predicted octanol–water partition coefficient (Wildman–Crippen LogP) is 0.938. The highest BCUT2D eigenvalue weighted by atomic mass is 16.1. The van der Waals surface area contributed by atoms with Gasteiger partial charge in [0.25, 0.3) is 0 Å². The molecule has 0 aliphatic heterocycles. The Bertz CT molecular complexity index is 312. The maximum Gasteiger partial charge on any atom is 0.216 e. The van der Waals surface area contributed by atoms with Crippen molar-refractivity contribution in [1.82, 2.24) is 10.3 Å². The fourth-order valence-corrected chi connectivity index (χ4v) is 1.06. The summed E-state index contributed by atoms with van der Waals surface area (Å²) in [6.07, 6.45) is 1.76. The van der Waals surface area contributed by atoms with Gasteiger partial charge >= 0.3 is 0 Å². The van der Waals surface area contributed by atoms with Crippen LogP contribution in [0, 0.1) is 6.92 Å². The van der Waals surface area contributed by atoms with Crippen LogP contribution in [0.1, 0.15) is 12.5 Å². The lowest BCUT2D eigenvalue weighted by molar-refractivity contribution is -0.118. The van der Waals surface area contributed by atoms with Crippen molar-refractivity contribution < 1.29 is 4.79 Å². The van der Waals surface area contributed by atoms with Gasteiger partial charge in [0.15, 0.2) is 0 Å². The first-order chi connectivity index (χ1) is 6.68. The molecule has 4 heteroatoms. The molecule has 2 N–H and O–H groups in total. The molecule has 0 aliphatic rings. The third kappa shape index (κ3) is 3.89. The van der Waals surface area contributed by atoms with Crippen molar-refractivity contribution in [2.24, 2.45) is 0 Å². The maximum atomic E-state index is 10.6.